The molecule has 1 aliphatic rings. The van der Waals surface area contributed by atoms with Gasteiger partial charge in [-0.3, -0.25) is 0 Å². The molecule has 0 spiro atoms. The van der Waals surface area contributed by atoms with E-state index in [0.717, 1.165) is 18.5 Å². The third-order valence-electron chi connectivity index (χ3n) is 2.56. The van der Waals surface area contributed by atoms with Gasteiger partial charge in [-0.05, 0) is 37.4 Å². The van der Waals surface area contributed by atoms with E-state index in [-0.39, 0.29) is 5.75 Å². The quantitative estimate of drug-likeness (QED) is 0.753. The zero-order valence-electron chi connectivity index (χ0n) is 9.01. The van der Waals surface area contributed by atoms with Crippen molar-refractivity contribution in [3.63, 3.8) is 0 Å². The Balaban J connectivity index is 1.67. The summed E-state index contributed by atoms with van der Waals surface area (Å²) in [5.41, 5.74) is 0. The average Bonchev–Trinajstić information content (AvgIpc) is 3.04. The summed E-state index contributed by atoms with van der Waals surface area (Å²) in [5.74, 6) is -0.309. The van der Waals surface area contributed by atoms with Gasteiger partial charge in [-0.1, -0.05) is 0 Å². The highest BCUT2D eigenvalue weighted by molar-refractivity contribution is 5.24. The maximum atomic E-state index is 13.1. The van der Waals surface area contributed by atoms with E-state index in [1.54, 1.807) is 0 Å². The highest BCUT2D eigenvalue weighted by Gasteiger charge is 2.19. The molecule has 1 N–H and O–H groups in total. The molecule has 0 heterocycles. The van der Waals surface area contributed by atoms with Gasteiger partial charge in [0.2, 0.25) is 0 Å². The number of hydrogen-bond donors (Lipinski definition) is 1. The van der Waals surface area contributed by atoms with Crippen molar-refractivity contribution in [1.29, 1.82) is 0 Å². The van der Waals surface area contributed by atoms with Crippen molar-refractivity contribution >= 4 is 0 Å². The summed E-state index contributed by atoms with van der Waals surface area (Å²) in [4.78, 5) is 0. The fourth-order valence-corrected chi connectivity index (χ4v) is 1.45. The lowest BCUT2D eigenvalue weighted by Gasteiger charge is -2.07. The van der Waals surface area contributed by atoms with Gasteiger partial charge in [-0.2, -0.15) is 0 Å². The molecular weight excluding hydrogens is 212 g/mol. The summed E-state index contributed by atoms with van der Waals surface area (Å²) < 4.78 is 30.9. The van der Waals surface area contributed by atoms with Crippen molar-refractivity contribution in [2.45, 2.75) is 12.8 Å². The van der Waals surface area contributed by atoms with E-state index in [9.17, 15) is 8.78 Å². The Kier molecular flexibility index (Phi) is 3.72. The fraction of sp³-hybridized carbons (Fsp3) is 0.500. The van der Waals surface area contributed by atoms with Crippen molar-refractivity contribution in [3.8, 4) is 5.75 Å². The lowest BCUT2D eigenvalue weighted by Crippen LogP contribution is -2.23. The van der Waals surface area contributed by atoms with Gasteiger partial charge < -0.3 is 10.1 Å². The van der Waals surface area contributed by atoms with Crippen LogP contribution in [0.1, 0.15) is 12.8 Å². The average molecular weight is 227 g/mol. The normalized spacial score (nSPS) is 15.1. The summed E-state index contributed by atoms with van der Waals surface area (Å²) in [5, 5.41) is 3.23. The number of halogens is 2. The maximum Gasteiger partial charge on any atom is 0.167 e. The molecule has 1 fully saturated rings. The third-order valence-corrected chi connectivity index (χ3v) is 2.56. The number of nitrogens with one attached hydrogen (secondary N) is 1. The molecule has 1 aromatic carbocycles. The highest BCUT2D eigenvalue weighted by Crippen LogP contribution is 2.27. The first-order valence-electron chi connectivity index (χ1n) is 5.54. The van der Waals surface area contributed by atoms with Crippen LogP contribution >= 0.6 is 0 Å². The highest BCUT2D eigenvalue weighted by atomic mass is 19.1. The second kappa shape index (κ2) is 5.25. The molecule has 16 heavy (non-hydrogen) atoms. The Morgan fingerprint density at radius 1 is 1.31 bits per heavy atom. The van der Waals surface area contributed by atoms with Crippen molar-refractivity contribution < 1.29 is 13.5 Å². The van der Waals surface area contributed by atoms with Gasteiger partial charge in [0.05, 0.1) is 0 Å². The van der Waals surface area contributed by atoms with E-state index in [4.69, 9.17) is 4.74 Å². The molecule has 4 heteroatoms. The zero-order chi connectivity index (χ0) is 11.4. The van der Waals surface area contributed by atoms with Crippen LogP contribution in [0.15, 0.2) is 18.2 Å². The van der Waals surface area contributed by atoms with Crippen molar-refractivity contribution in [3.05, 3.63) is 29.8 Å². The van der Waals surface area contributed by atoms with E-state index < -0.39 is 11.6 Å². The second-order valence-electron chi connectivity index (χ2n) is 4.07. The third kappa shape index (κ3) is 3.45. The molecule has 1 aromatic rings. The second-order valence-corrected chi connectivity index (χ2v) is 4.07. The molecule has 0 radical (unpaired) electrons. The van der Waals surface area contributed by atoms with E-state index in [2.05, 4.69) is 5.32 Å². The van der Waals surface area contributed by atoms with Crippen molar-refractivity contribution in [2.75, 3.05) is 19.7 Å². The standard InChI is InChI=1S/C12H15F2NO/c13-10-3-4-12(11(14)7-10)16-6-5-15-8-9-1-2-9/h3-4,7,9,15H,1-2,5-6,8H2. The van der Waals surface area contributed by atoms with Gasteiger partial charge in [0.25, 0.3) is 0 Å². The Morgan fingerprint density at radius 2 is 2.12 bits per heavy atom. The molecular formula is C12H15F2NO. The number of hydrogen-bond acceptors (Lipinski definition) is 2. The van der Waals surface area contributed by atoms with Crippen LogP contribution in [-0.2, 0) is 0 Å². The van der Waals surface area contributed by atoms with Crippen LogP contribution in [0.5, 0.6) is 5.75 Å². The van der Waals surface area contributed by atoms with Gasteiger partial charge in [0, 0.05) is 12.6 Å². The first-order chi connectivity index (χ1) is 7.75. The molecule has 2 rings (SSSR count). The molecule has 0 aliphatic heterocycles. The van der Waals surface area contributed by atoms with Gasteiger partial charge in [0.1, 0.15) is 12.4 Å². The molecule has 1 aliphatic carbocycles. The molecule has 0 saturated heterocycles. The van der Waals surface area contributed by atoms with Gasteiger partial charge in [-0.25, -0.2) is 8.78 Å². The summed E-state index contributed by atoms with van der Waals surface area (Å²) in [6.45, 7) is 2.10. The summed E-state index contributed by atoms with van der Waals surface area (Å²) in [6.07, 6.45) is 2.61. The largest absolute Gasteiger partial charge is 0.489 e. The minimum atomic E-state index is -0.651. The molecule has 2 nitrogen and oxygen atoms in total. The van der Waals surface area contributed by atoms with Crippen molar-refractivity contribution in [2.24, 2.45) is 5.92 Å². The van der Waals surface area contributed by atoms with E-state index in [0.29, 0.717) is 13.2 Å². The minimum absolute atomic E-state index is 0.106. The topological polar surface area (TPSA) is 21.3 Å². The van der Waals surface area contributed by atoms with E-state index in [1.165, 1.54) is 25.0 Å². The SMILES string of the molecule is Fc1ccc(OCCNCC2CC2)c(F)c1. The Bertz CT molecular complexity index is 353. The maximum absolute atomic E-state index is 13.1. The molecule has 0 atom stereocenters. The Labute approximate surface area is 93.6 Å². The van der Waals surface area contributed by atoms with Crippen LogP contribution in [0.25, 0.3) is 0 Å². The zero-order valence-corrected chi connectivity index (χ0v) is 9.01. The lowest BCUT2D eigenvalue weighted by molar-refractivity contribution is 0.297. The first-order valence-corrected chi connectivity index (χ1v) is 5.54. The summed E-state index contributed by atoms with van der Waals surface area (Å²) in [6, 6.07) is 3.33. The molecule has 88 valence electrons. The Hall–Kier alpha value is -1.16. The van der Waals surface area contributed by atoms with Crippen molar-refractivity contribution in [1.82, 2.24) is 5.32 Å². The van der Waals surface area contributed by atoms with Crippen LogP contribution in [-0.4, -0.2) is 19.7 Å². The van der Waals surface area contributed by atoms with Crippen LogP contribution in [0.3, 0.4) is 0 Å². The monoisotopic (exact) mass is 227 g/mol. The number of benzene rings is 1. The number of rotatable bonds is 6. The fourth-order valence-electron chi connectivity index (χ4n) is 1.45. The molecule has 0 aromatic heterocycles. The smallest absolute Gasteiger partial charge is 0.167 e. The van der Waals surface area contributed by atoms with Crippen LogP contribution in [0, 0.1) is 17.6 Å². The van der Waals surface area contributed by atoms with Gasteiger partial charge in [0.15, 0.2) is 11.6 Å². The van der Waals surface area contributed by atoms with E-state index >= 15 is 0 Å². The molecule has 0 unspecified atom stereocenters. The minimum Gasteiger partial charge on any atom is -0.489 e. The Morgan fingerprint density at radius 3 is 2.81 bits per heavy atom. The van der Waals surface area contributed by atoms with Gasteiger partial charge >= 0.3 is 0 Å². The van der Waals surface area contributed by atoms with E-state index in [1.807, 2.05) is 0 Å². The molecule has 0 amide bonds. The lowest BCUT2D eigenvalue weighted by atomic mass is 10.3. The van der Waals surface area contributed by atoms with Crippen LogP contribution < -0.4 is 10.1 Å². The summed E-state index contributed by atoms with van der Waals surface area (Å²) in [7, 11) is 0. The van der Waals surface area contributed by atoms with Gasteiger partial charge in [-0.15, -0.1) is 0 Å². The molecule has 1 saturated carbocycles. The van der Waals surface area contributed by atoms with Crippen LogP contribution in [0.4, 0.5) is 8.78 Å². The predicted octanol–water partition coefficient (Wildman–Crippen LogP) is 2.34. The predicted molar refractivity (Wildman–Crippen MR) is 57.4 cm³/mol. The number of ether oxygens (including phenoxy) is 1. The first kappa shape index (κ1) is 11.3. The summed E-state index contributed by atoms with van der Waals surface area (Å²) >= 11 is 0. The van der Waals surface area contributed by atoms with Crippen LogP contribution in [0.2, 0.25) is 0 Å². The molecule has 0 bridgehead atoms.